The Balaban J connectivity index is 0. The summed E-state index contributed by atoms with van der Waals surface area (Å²) in [5.74, 6) is 0. The fourth-order valence-electron chi connectivity index (χ4n) is 1.34. The molecule has 0 bridgehead atoms. The first-order valence-electron chi connectivity index (χ1n) is 4.09. The summed E-state index contributed by atoms with van der Waals surface area (Å²) < 4.78 is 1.28. The van der Waals surface area contributed by atoms with Crippen LogP contribution in [-0.4, -0.2) is 30.7 Å². The molecule has 0 heterocycles. The Morgan fingerprint density at radius 1 is 0.700 bits per heavy atom. The van der Waals surface area contributed by atoms with Crippen LogP contribution in [0, 0.1) is 0 Å². The van der Waals surface area contributed by atoms with Gasteiger partial charge in [0.05, 0.1) is 26.2 Å². The van der Waals surface area contributed by atoms with E-state index in [9.17, 15) is 0 Å². The number of quaternary nitrogens is 1. The minimum absolute atomic E-state index is 0. The quantitative estimate of drug-likeness (QED) is 0.607. The standard InChI is InChI=1S/C8H20N.H3N/c1-5-9(6-2,7-3)8-4;/h5-8H2,1-4H3;1H3/q+1;. The lowest BCUT2D eigenvalue weighted by Crippen LogP contribution is -2.47. The molecular formula is C8H23N2+. The van der Waals surface area contributed by atoms with Crippen LogP contribution in [-0.2, 0) is 0 Å². The Labute approximate surface area is 65.4 Å². The third kappa shape index (κ3) is 2.67. The summed E-state index contributed by atoms with van der Waals surface area (Å²) in [5.41, 5.74) is 0. The van der Waals surface area contributed by atoms with E-state index < -0.39 is 0 Å². The van der Waals surface area contributed by atoms with Crippen molar-refractivity contribution < 1.29 is 4.48 Å². The smallest absolute Gasteiger partial charge is 0.0757 e. The molecule has 0 saturated heterocycles. The summed E-state index contributed by atoms with van der Waals surface area (Å²) in [4.78, 5) is 0. The second-order valence-electron chi connectivity index (χ2n) is 2.61. The van der Waals surface area contributed by atoms with Crippen LogP contribution in [0.4, 0.5) is 0 Å². The zero-order valence-electron chi connectivity index (χ0n) is 7.98. The van der Waals surface area contributed by atoms with E-state index in [1.54, 1.807) is 0 Å². The molecule has 0 atom stereocenters. The predicted molar refractivity (Wildman–Crippen MR) is 47.4 cm³/mol. The number of hydrogen-bond acceptors (Lipinski definition) is 1. The van der Waals surface area contributed by atoms with E-state index in [1.807, 2.05) is 0 Å². The Hall–Kier alpha value is -0.0800. The van der Waals surface area contributed by atoms with Crippen molar-refractivity contribution in [3.8, 4) is 0 Å². The van der Waals surface area contributed by atoms with Crippen LogP contribution in [0.1, 0.15) is 27.7 Å². The van der Waals surface area contributed by atoms with Gasteiger partial charge in [-0.2, -0.15) is 0 Å². The molecule has 0 aliphatic rings. The van der Waals surface area contributed by atoms with Crippen LogP contribution >= 0.6 is 0 Å². The molecule has 0 aromatic heterocycles. The molecule has 0 rings (SSSR count). The number of nitrogens with zero attached hydrogens (tertiary/aromatic N) is 1. The summed E-state index contributed by atoms with van der Waals surface area (Å²) in [6.45, 7) is 14.2. The zero-order chi connectivity index (χ0) is 7.33. The van der Waals surface area contributed by atoms with Gasteiger partial charge in [0.2, 0.25) is 0 Å². The normalized spacial score (nSPS) is 10.8. The van der Waals surface area contributed by atoms with E-state index in [0.717, 1.165) is 0 Å². The van der Waals surface area contributed by atoms with E-state index >= 15 is 0 Å². The fourth-order valence-corrected chi connectivity index (χ4v) is 1.34. The molecule has 0 aromatic carbocycles. The van der Waals surface area contributed by atoms with Crippen LogP contribution in [0.15, 0.2) is 0 Å². The number of hydrogen-bond donors (Lipinski definition) is 1. The van der Waals surface area contributed by atoms with Gasteiger partial charge >= 0.3 is 0 Å². The highest BCUT2D eigenvalue weighted by Gasteiger charge is 2.16. The van der Waals surface area contributed by atoms with Gasteiger partial charge in [0, 0.05) is 0 Å². The van der Waals surface area contributed by atoms with E-state index in [4.69, 9.17) is 0 Å². The molecule has 0 fully saturated rings. The lowest BCUT2D eigenvalue weighted by Gasteiger charge is -2.34. The minimum atomic E-state index is 0. The monoisotopic (exact) mass is 147 g/mol. The topological polar surface area (TPSA) is 35.0 Å². The first-order chi connectivity index (χ1) is 4.24. The second kappa shape index (κ2) is 5.69. The summed E-state index contributed by atoms with van der Waals surface area (Å²) in [6, 6.07) is 0. The van der Waals surface area contributed by atoms with E-state index in [1.165, 1.54) is 30.7 Å². The first kappa shape index (κ1) is 12.6. The molecule has 3 N–H and O–H groups in total. The van der Waals surface area contributed by atoms with Gasteiger partial charge in [-0.05, 0) is 27.7 Å². The Morgan fingerprint density at radius 3 is 0.900 bits per heavy atom. The highest BCUT2D eigenvalue weighted by molar-refractivity contribution is 4.31. The molecule has 10 heavy (non-hydrogen) atoms. The summed E-state index contributed by atoms with van der Waals surface area (Å²) in [5, 5.41) is 0. The van der Waals surface area contributed by atoms with Gasteiger partial charge in [0.25, 0.3) is 0 Å². The van der Waals surface area contributed by atoms with Crippen molar-refractivity contribution in [3.05, 3.63) is 0 Å². The summed E-state index contributed by atoms with van der Waals surface area (Å²) in [6.07, 6.45) is 0. The van der Waals surface area contributed by atoms with Crippen molar-refractivity contribution in [3.63, 3.8) is 0 Å². The molecule has 0 aromatic rings. The highest BCUT2D eigenvalue weighted by atomic mass is 15.3. The second-order valence-corrected chi connectivity index (χ2v) is 2.61. The highest BCUT2D eigenvalue weighted by Crippen LogP contribution is 2.03. The van der Waals surface area contributed by atoms with Crippen molar-refractivity contribution in [1.82, 2.24) is 6.15 Å². The SMILES string of the molecule is CC[N+](CC)(CC)CC.N. The van der Waals surface area contributed by atoms with Gasteiger partial charge in [0.15, 0.2) is 0 Å². The first-order valence-corrected chi connectivity index (χ1v) is 4.09. The molecule has 0 radical (unpaired) electrons. The molecular weight excluding hydrogens is 124 g/mol. The maximum atomic E-state index is 2.27. The van der Waals surface area contributed by atoms with Crippen molar-refractivity contribution in [2.24, 2.45) is 0 Å². The van der Waals surface area contributed by atoms with Crippen LogP contribution in [0.25, 0.3) is 0 Å². The molecule has 0 amide bonds. The average Bonchev–Trinajstić information content (AvgIpc) is 1.95. The Kier molecular flexibility index (Phi) is 7.15. The molecule has 0 spiro atoms. The van der Waals surface area contributed by atoms with Crippen LogP contribution in [0.2, 0.25) is 0 Å². The largest absolute Gasteiger partial charge is 0.344 e. The Bertz CT molecular complexity index is 50.1. The summed E-state index contributed by atoms with van der Waals surface area (Å²) >= 11 is 0. The fraction of sp³-hybridized carbons (Fsp3) is 1.00. The minimum Gasteiger partial charge on any atom is -0.344 e. The molecule has 0 aliphatic heterocycles. The third-order valence-corrected chi connectivity index (χ3v) is 2.68. The van der Waals surface area contributed by atoms with E-state index in [-0.39, 0.29) is 6.15 Å². The average molecular weight is 147 g/mol. The molecule has 0 aliphatic carbocycles. The van der Waals surface area contributed by atoms with Crippen molar-refractivity contribution >= 4 is 0 Å². The number of rotatable bonds is 4. The summed E-state index contributed by atoms with van der Waals surface area (Å²) in [7, 11) is 0. The maximum absolute atomic E-state index is 2.27. The Morgan fingerprint density at radius 2 is 0.900 bits per heavy atom. The van der Waals surface area contributed by atoms with Gasteiger partial charge < -0.3 is 10.6 Å². The zero-order valence-corrected chi connectivity index (χ0v) is 7.98. The molecule has 2 nitrogen and oxygen atoms in total. The third-order valence-electron chi connectivity index (χ3n) is 2.68. The van der Waals surface area contributed by atoms with Gasteiger partial charge in [-0.15, -0.1) is 0 Å². The van der Waals surface area contributed by atoms with Crippen LogP contribution < -0.4 is 6.15 Å². The van der Waals surface area contributed by atoms with Crippen LogP contribution in [0.3, 0.4) is 0 Å². The van der Waals surface area contributed by atoms with Gasteiger partial charge in [-0.25, -0.2) is 0 Å². The lowest BCUT2D eigenvalue weighted by molar-refractivity contribution is -0.921. The maximum Gasteiger partial charge on any atom is 0.0757 e. The van der Waals surface area contributed by atoms with Crippen molar-refractivity contribution in [2.75, 3.05) is 26.2 Å². The van der Waals surface area contributed by atoms with Gasteiger partial charge in [-0.3, -0.25) is 0 Å². The molecule has 64 valence electrons. The lowest BCUT2D eigenvalue weighted by atomic mass is 10.3. The van der Waals surface area contributed by atoms with Crippen molar-refractivity contribution in [2.45, 2.75) is 27.7 Å². The molecule has 0 unspecified atom stereocenters. The van der Waals surface area contributed by atoms with E-state index in [0.29, 0.717) is 0 Å². The molecule has 2 heteroatoms. The van der Waals surface area contributed by atoms with E-state index in [2.05, 4.69) is 27.7 Å². The molecule has 0 saturated carbocycles. The van der Waals surface area contributed by atoms with Crippen molar-refractivity contribution in [1.29, 1.82) is 0 Å². The van der Waals surface area contributed by atoms with Gasteiger partial charge in [0.1, 0.15) is 0 Å². The predicted octanol–water partition coefficient (Wildman–Crippen LogP) is 2.04. The van der Waals surface area contributed by atoms with Crippen LogP contribution in [0.5, 0.6) is 0 Å². The van der Waals surface area contributed by atoms with Gasteiger partial charge in [-0.1, -0.05) is 0 Å².